The van der Waals surface area contributed by atoms with Crippen molar-refractivity contribution in [2.24, 2.45) is 0 Å². The van der Waals surface area contributed by atoms with Crippen LogP contribution in [0.4, 0.5) is 18.9 Å². The minimum Gasteiger partial charge on any atom is -0.478 e. The predicted octanol–water partition coefficient (Wildman–Crippen LogP) is 3.40. The van der Waals surface area contributed by atoms with Crippen LogP contribution >= 0.6 is 11.6 Å². The second-order valence-corrected chi connectivity index (χ2v) is 7.92. The number of sulfonamides is 1. The second kappa shape index (κ2) is 6.61. The summed E-state index contributed by atoms with van der Waals surface area (Å²) in [4.78, 5) is 10.7. The molecule has 0 fully saturated rings. The van der Waals surface area contributed by atoms with Gasteiger partial charge in [0.25, 0.3) is 10.0 Å². The van der Waals surface area contributed by atoms with Crippen LogP contribution in [0.2, 0.25) is 5.02 Å². The fourth-order valence-corrected chi connectivity index (χ4v) is 4.22. The smallest absolute Gasteiger partial charge is 0.416 e. The van der Waals surface area contributed by atoms with E-state index in [0.717, 1.165) is 18.2 Å². The lowest BCUT2D eigenvalue weighted by Crippen LogP contribution is -2.47. The van der Waals surface area contributed by atoms with E-state index in [1.807, 2.05) is 0 Å². The molecule has 1 atom stereocenters. The summed E-state index contributed by atoms with van der Waals surface area (Å²) >= 11 is 5.88. The monoisotopic (exact) mass is 421 g/mol. The molecular weight excluding hydrogens is 411 g/mol. The molecule has 11 heteroatoms. The topological polar surface area (TPSA) is 83.9 Å². The van der Waals surface area contributed by atoms with Crippen molar-refractivity contribution in [2.75, 3.05) is 10.8 Å². The van der Waals surface area contributed by atoms with Crippen LogP contribution in [0.3, 0.4) is 0 Å². The number of anilines is 1. The summed E-state index contributed by atoms with van der Waals surface area (Å²) in [6.45, 7) is -0.624. The Kier molecular flexibility index (Phi) is 4.73. The molecule has 0 saturated heterocycles. The number of halogens is 4. The van der Waals surface area contributed by atoms with Crippen LogP contribution in [-0.2, 0) is 21.0 Å². The van der Waals surface area contributed by atoms with Crippen molar-refractivity contribution >= 4 is 33.3 Å². The number of ether oxygens (including phenoxy) is 1. The highest BCUT2D eigenvalue weighted by Crippen LogP contribution is 2.39. The van der Waals surface area contributed by atoms with Crippen LogP contribution in [-0.4, -0.2) is 32.1 Å². The average molecular weight is 422 g/mol. The molecule has 1 N–H and O–H groups in total. The number of rotatable bonds is 3. The predicted molar refractivity (Wildman–Crippen MR) is 89.5 cm³/mol. The van der Waals surface area contributed by atoms with Gasteiger partial charge in [-0.25, -0.2) is 13.2 Å². The van der Waals surface area contributed by atoms with Gasteiger partial charge >= 0.3 is 12.1 Å². The van der Waals surface area contributed by atoms with Gasteiger partial charge in [0.2, 0.25) is 6.10 Å². The second-order valence-electron chi connectivity index (χ2n) is 5.62. The summed E-state index contributed by atoms with van der Waals surface area (Å²) in [5, 5.41) is 9.35. The fraction of sp³-hybridized carbons (Fsp3) is 0.188. The molecule has 144 valence electrons. The summed E-state index contributed by atoms with van der Waals surface area (Å²) in [6, 6.07) is 7.10. The van der Waals surface area contributed by atoms with Crippen LogP contribution in [0.1, 0.15) is 5.56 Å². The van der Waals surface area contributed by atoms with Gasteiger partial charge in [-0.1, -0.05) is 17.7 Å². The molecule has 1 aliphatic heterocycles. The summed E-state index contributed by atoms with van der Waals surface area (Å²) in [5.41, 5.74) is -1.20. The van der Waals surface area contributed by atoms with E-state index in [4.69, 9.17) is 16.3 Å². The van der Waals surface area contributed by atoms with Crippen molar-refractivity contribution in [1.82, 2.24) is 0 Å². The van der Waals surface area contributed by atoms with Gasteiger partial charge in [0, 0.05) is 5.02 Å². The largest absolute Gasteiger partial charge is 0.478 e. The number of carboxylic acids is 1. The molecule has 0 amide bonds. The third kappa shape index (κ3) is 3.67. The van der Waals surface area contributed by atoms with E-state index >= 15 is 0 Å². The Labute approximate surface area is 156 Å². The normalized spacial score (nSPS) is 17.2. The standard InChI is InChI=1S/C16H11ClF3NO5S/c17-10-4-5-13-12(7-10)21(8-14(26-13)15(22)23)27(24,25)11-3-1-2-9(6-11)16(18,19)20/h1-7,14H,8H2,(H,22,23). The van der Waals surface area contributed by atoms with Gasteiger partial charge in [0.05, 0.1) is 22.7 Å². The lowest BCUT2D eigenvalue weighted by molar-refractivity contribution is -0.144. The van der Waals surface area contributed by atoms with Gasteiger partial charge in [0.1, 0.15) is 5.75 Å². The summed E-state index contributed by atoms with van der Waals surface area (Å²) in [7, 11) is -4.51. The molecule has 27 heavy (non-hydrogen) atoms. The number of carboxylic acid groups (broad SMARTS) is 1. The molecule has 1 unspecified atom stereocenters. The first-order valence-electron chi connectivity index (χ1n) is 7.39. The first-order chi connectivity index (χ1) is 12.5. The van der Waals surface area contributed by atoms with Crippen LogP contribution in [0, 0.1) is 0 Å². The Bertz CT molecular complexity index is 1010. The quantitative estimate of drug-likeness (QED) is 0.821. The van der Waals surface area contributed by atoms with Crippen LogP contribution in [0.5, 0.6) is 5.75 Å². The molecule has 2 aromatic carbocycles. The first-order valence-corrected chi connectivity index (χ1v) is 9.21. The van der Waals surface area contributed by atoms with E-state index in [0.29, 0.717) is 10.4 Å². The van der Waals surface area contributed by atoms with Gasteiger partial charge < -0.3 is 9.84 Å². The van der Waals surface area contributed by atoms with E-state index in [2.05, 4.69) is 0 Å². The maximum absolute atomic E-state index is 13.0. The number of hydrogen-bond donors (Lipinski definition) is 1. The highest BCUT2D eigenvalue weighted by atomic mass is 35.5. The van der Waals surface area contributed by atoms with Crippen molar-refractivity contribution in [3.8, 4) is 5.75 Å². The van der Waals surface area contributed by atoms with E-state index in [-0.39, 0.29) is 16.5 Å². The molecule has 0 saturated carbocycles. The maximum Gasteiger partial charge on any atom is 0.416 e. The lowest BCUT2D eigenvalue weighted by Gasteiger charge is -2.33. The van der Waals surface area contributed by atoms with Crippen molar-refractivity contribution in [1.29, 1.82) is 0 Å². The molecule has 2 aromatic rings. The van der Waals surface area contributed by atoms with E-state index in [9.17, 15) is 31.5 Å². The number of aliphatic carboxylic acids is 1. The third-order valence-corrected chi connectivity index (χ3v) is 5.83. The van der Waals surface area contributed by atoms with E-state index in [1.165, 1.54) is 18.2 Å². The zero-order valence-electron chi connectivity index (χ0n) is 13.3. The Balaban J connectivity index is 2.13. The van der Waals surface area contributed by atoms with Crippen molar-refractivity contribution in [3.05, 3.63) is 53.1 Å². The van der Waals surface area contributed by atoms with Gasteiger partial charge in [0.15, 0.2) is 0 Å². The summed E-state index contributed by atoms with van der Waals surface area (Å²) in [6.07, 6.45) is -6.26. The van der Waals surface area contributed by atoms with Crippen LogP contribution in [0.15, 0.2) is 47.4 Å². The molecule has 0 aromatic heterocycles. The minimum absolute atomic E-state index is 0.0580. The number of benzene rings is 2. The third-order valence-electron chi connectivity index (χ3n) is 3.82. The molecule has 3 rings (SSSR count). The number of carbonyl (C=O) groups is 1. The highest BCUT2D eigenvalue weighted by molar-refractivity contribution is 7.92. The van der Waals surface area contributed by atoms with Crippen molar-refractivity contribution in [3.63, 3.8) is 0 Å². The van der Waals surface area contributed by atoms with Crippen LogP contribution < -0.4 is 9.04 Å². The molecule has 0 bridgehead atoms. The zero-order chi connectivity index (χ0) is 20.0. The van der Waals surface area contributed by atoms with Crippen LogP contribution in [0.25, 0.3) is 0 Å². The molecular formula is C16H11ClF3NO5S. The zero-order valence-corrected chi connectivity index (χ0v) is 14.8. The Morgan fingerprint density at radius 3 is 2.56 bits per heavy atom. The summed E-state index contributed by atoms with van der Waals surface area (Å²) in [5.74, 6) is -1.48. The molecule has 6 nitrogen and oxygen atoms in total. The summed E-state index contributed by atoms with van der Waals surface area (Å²) < 4.78 is 70.7. The Morgan fingerprint density at radius 2 is 1.93 bits per heavy atom. The van der Waals surface area contributed by atoms with Gasteiger partial charge in [-0.2, -0.15) is 13.2 Å². The Morgan fingerprint density at radius 1 is 1.22 bits per heavy atom. The SMILES string of the molecule is O=C(O)C1CN(S(=O)(=O)c2cccc(C(F)(F)F)c2)c2cc(Cl)ccc2O1. The number of fused-ring (bicyclic) bond motifs is 1. The number of hydrogen-bond acceptors (Lipinski definition) is 4. The fourth-order valence-electron chi connectivity index (χ4n) is 2.54. The van der Waals surface area contributed by atoms with Crippen molar-refractivity contribution in [2.45, 2.75) is 17.2 Å². The average Bonchev–Trinajstić information content (AvgIpc) is 2.60. The minimum atomic E-state index is -4.73. The molecule has 1 heterocycles. The van der Waals surface area contributed by atoms with Gasteiger partial charge in [-0.3, -0.25) is 4.31 Å². The molecule has 0 radical (unpaired) electrons. The maximum atomic E-state index is 13.0. The lowest BCUT2D eigenvalue weighted by atomic mass is 10.2. The molecule has 1 aliphatic rings. The van der Waals surface area contributed by atoms with Gasteiger partial charge in [-0.15, -0.1) is 0 Å². The molecule has 0 spiro atoms. The highest BCUT2D eigenvalue weighted by Gasteiger charge is 2.39. The number of nitrogens with zero attached hydrogens (tertiary/aromatic N) is 1. The Hall–Kier alpha value is -2.46. The van der Waals surface area contributed by atoms with Crippen molar-refractivity contribution < 1.29 is 36.2 Å². The van der Waals surface area contributed by atoms with E-state index in [1.54, 1.807) is 0 Å². The first kappa shape index (κ1) is 19.3. The van der Waals surface area contributed by atoms with Gasteiger partial charge in [-0.05, 0) is 36.4 Å². The number of alkyl halides is 3. The molecule has 0 aliphatic carbocycles. The van der Waals surface area contributed by atoms with E-state index < -0.39 is 45.3 Å².